The van der Waals surface area contributed by atoms with Gasteiger partial charge >= 0.3 is 5.97 Å². The van der Waals surface area contributed by atoms with Gasteiger partial charge in [-0.2, -0.15) is 5.10 Å². The summed E-state index contributed by atoms with van der Waals surface area (Å²) in [6, 6.07) is 15.8. The Bertz CT molecular complexity index is 1670. The van der Waals surface area contributed by atoms with E-state index >= 15 is 0 Å². The normalized spacial score (nSPS) is 11.8. The van der Waals surface area contributed by atoms with E-state index in [0.717, 1.165) is 28.8 Å². The number of aromatic nitrogens is 8. The fourth-order valence-electron chi connectivity index (χ4n) is 4.65. The van der Waals surface area contributed by atoms with Crippen LogP contribution < -0.4 is 5.32 Å². The van der Waals surface area contributed by atoms with Crippen molar-refractivity contribution in [3.05, 3.63) is 94.7 Å². The summed E-state index contributed by atoms with van der Waals surface area (Å²) in [5.74, 6) is -0.948. The number of aliphatic carboxylic acids is 1. The molecule has 2 aromatic carbocycles. The second-order valence-corrected chi connectivity index (χ2v) is 10.1. The highest BCUT2D eigenvalue weighted by Crippen LogP contribution is 2.27. The van der Waals surface area contributed by atoms with Gasteiger partial charge in [-0.3, -0.25) is 24.2 Å². The molecule has 0 radical (unpaired) electrons. The zero-order valence-corrected chi connectivity index (χ0v) is 23.5. The third-order valence-electron chi connectivity index (χ3n) is 6.60. The molecule has 214 valence electrons. The highest BCUT2D eigenvalue weighted by Gasteiger charge is 2.22. The summed E-state index contributed by atoms with van der Waals surface area (Å²) in [5.41, 5.74) is 4.76. The van der Waals surface area contributed by atoms with Gasteiger partial charge in [0.05, 0.1) is 36.7 Å². The van der Waals surface area contributed by atoms with Crippen LogP contribution in [0.1, 0.15) is 47.2 Å². The fourth-order valence-corrected chi connectivity index (χ4v) is 4.86. The molecule has 12 nitrogen and oxygen atoms in total. The zero-order valence-electron chi connectivity index (χ0n) is 22.7. The van der Waals surface area contributed by atoms with E-state index in [9.17, 15) is 14.7 Å². The summed E-state index contributed by atoms with van der Waals surface area (Å²) in [5, 5.41) is 31.4. The first-order valence-corrected chi connectivity index (χ1v) is 13.8. The maximum absolute atomic E-state index is 13.2. The molecule has 1 atom stereocenters. The fraction of sp³-hybridized carbons (Fsp3) is 0.241. The number of H-pyrrole nitrogens is 1. The van der Waals surface area contributed by atoms with Gasteiger partial charge in [0.15, 0.2) is 5.82 Å². The number of carbonyl (C=O) groups is 2. The molecular weight excluding hydrogens is 558 g/mol. The summed E-state index contributed by atoms with van der Waals surface area (Å²) >= 11 is 6.27. The first kappa shape index (κ1) is 28.6. The number of carboxylic acids is 1. The molecule has 0 spiro atoms. The van der Waals surface area contributed by atoms with Crippen molar-refractivity contribution in [1.82, 2.24) is 45.7 Å². The number of hydrogen-bond acceptors (Lipinski definition) is 8. The van der Waals surface area contributed by atoms with E-state index < -0.39 is 17.9 Å². The average Bonchev–Trinajstić information content (AvgIpc) is 3.66. The summed E-state index contributed by atoms with van der Waals surface area (Å²) in [4.78, 5) is 33.9. The number of carbonyl (C=O) groups excluding carboxylic acids is 1. The summed E-state index contributed by atoms with van der Waals surface area (Å²) in [7, 11) is 0. The van der Waals surface area contributed by atoms with Crippen LogP contribution in [0.5, 0.6) is 0 Å². The van der Waals surface area contributed by atoms with Crippen molar-refractivity contribution in [3.63, 3.8) is 0 Å². The molecule has 1 amide bonds. The Morgan fingerprint density at radius 2 is 1.86 bits per heavy atom. The Kier molecular flexibility index (Phi) is 8.93. The summed E-state index contributed by atoms with van der Waals surface area (Å²) in [6.45, 7) is 2.35. The van der Waals surface area contributed by atoms with Crippen LogP contribution in [-0.2, 0) is 24.2 Å². The average molecular weight is 586 g/mol. The molecule has 0 bridgehead atoms. The number of rotatable bonds is 12. The molecule has 5 rings (SSSR count). The summed E-state index contributed by atoms with van der Waals surface area (Å²) < 4.78 is 1.73. The predicted octanol–water partition coefficient (Wildman–Crippen LogP) is 3.99. The van der Waals surface area contributed by atoms with Crippen LogP contribution in [-0.4, -0.2) is 63.4 Å². The molecule has 0 saturated heterocycles. The van der Waals surface area contributed by atoms with E-state index in [1.807, 2.05) is 43.3 Å². The van der Waals surface area contributed by atoms with Crippen LogP contribution in [0.15, 0.2) is 67.0 Å². The molecule has 5 aromatic rings. The molecule has 13 heteroatoms. The molecule has 42 heavy (non-hydrogen) atoms. The van der Waals surface area contributed by atoms with Gasteiger partial charge in [0.1, 0.15) is 5.69 Å². The minimum absolute atomic E-state index is 0.201. The maximum Gasteiger partial charge on any atom is 0.305 e. The minimum Gasteiger partial charge on any atom is -0.481 e. The third kappa shape index (κ3) is 6.84. The molecule has 0 fully saturated rings. The van der Waals surface area contributed by atoms with Crippen LogP contribution >= 0.6 is 11.6 Å². The molecule has 0 saturated carbocycles. The first-order chi connectivity index (χ1) is 20.4. The number of hydrogen-bond donors (Lipinski definition) is 3. The van der Waals surface area contributed by atoms with Crippen molar-refractivity contribution in [2.24, 2.45) is 0 Å². The second-order valence-electron chi connectivity index (χ2n) is 9.68. The Balaban J connectivity index is 1.33. The minimum atomic E-state index is -1.02. The highest BCUT2D eigenvalue weighted by molar-refractivity contribution is 6.31. The number of amides is 1. The maximum atomic E-state index is 13.2. The van der Waals surface area contributed by atoms with E-state index in [0.29, 0.717) is 35.2 Å². The van der Waals surface area contributed by atoms with Gasteiger partial charge in [0.25, 0.3) is 5.91 Å². The number of halogens is 1. The quantitative estimate of drug-likeness (QED) is 0.196. The monoisotopic (exact) mass is 585 g/mol. The van der Waals surface area contributed by atoms with Crippen molar-refractivity contribution in [2.75, 3.05) is 0 Å². The van der Waals surface area contributed by atoms with E-state index in [1.54, 1.807) is 35.3 Å². The lowest BCUT2D eigenvalue weighted by Gasteiger charge is -2.17. The molecule has 3 N–H and O–H groups in total. The van der Waals surface area contributed by atoms with Crippen LogP contribution in [0.3, 0.4) is 0 Å². The SMILES string of the molecule is CCCc1cc(C(=O)N[C@@H](CC(=O)O)Cc2ccccc2Cl)nn1Cc1cnc(-c2ccccc2-c2nnn[nH]2)cn1. The van der Waals surface area contributed by atoms with Gasteiger partial charge in [-0.05, 0) is 41.0 Å². The van der Waals surface area contributed by atoms with E-state index in [-0.39, 0.29) is 18.5 Å². The second kappa shape index (κ2) is 13.1. The molecule has 0 aliphatic heterocycles. The van der Waals surface area contributed by atoms with Crippen molar-refractivity contribution < 1.29 is 14.7 Å². The lowest BCUT2D eigenvalue weighted by molar-refractivity contribution is -0.137. The van der Waals surface area contributed by atoms with Gasteiger partial charge in [-0.25, -0.2) is 5.10 Å². The number of carboxylic acid groups (broad SMARTS) is 1. The number of nitrogens with one attached hydrogen (secondary N) is 2. The number of tetrazole rings is 1. The van der Waals surface area contributed by atoms with Gasteiger partial charge in [0.2, 0.25) is 0 Å². The molecule has 3 aromatic heterocycles. The van der Waals surface area contributed by atoms with Crippen LogP contribution in [0.4, 0.5) is 0 Å². The Morgan fingerprint density at radius 1 is 1.07 bits per heavy atom. The lowest BCUT2D eigenvalue weighted by atomic mass is 10.0. The lowest BCUT2D eigenvalue weighted by Crippen LogP contribution is -2.38. The van der Waals surface area contributed by atoms with E-state index in [1.165, 1.54) is 0 Å². The van der Waals surface area contributed by atoms with Gasteiger partial charge in [0, 0.05) is 27.9 Å². The summed E-state index contributed by atoms with van der Waals surface area (Å²) in [6.07, 6.45) is 4.92. The Hall–Kier alpha value is -4.97. The molecule has 0 aliphatic rings. The smallest absolute Gasteiger partial charge is 0.305 e. The Labute approximate surface area is 246 Å². The van der Waals surface area contributed by atoms with E-state index in [4.69, 9.17) is 11.6 Å². The number of aromatic amines is 1. The van der Waals surface area contributed by atoms with Crippen molar-refractivity contribution in [2.45, 2.75) is 45.2 Å². The molecular formula is C29H28ClN9O3. The molecule has 3 heterocycles. The Morgan fingerprint density at radius 3 is 2.55 bits per heavy atom. The topological polar surface area (TPSA) is 164 Å². The van der Waals surface area contributed by atoms with Crippen molar-refractivity contribution >= 4 is 23.5 Å². The standard InChI is InChI=1S/C29H28ClN9O3/c1-2-7-21-14-25(29(42)33-19(13-27(40)41)12-18-8-3-6-11-24(18)30)36-39(21)17-20-15-32-26(16-31-20)22-9-4-5-10-23(22)28-34-37-38-35-28/h3-6,8-11,14-16,19H,2,7,12-13,17H2,1H3,(H,33,42)(H,40,41)(H,34,35,37,38)/t19-/m1/s1. The first-order valence-electron chi connectivity index (χ1n) is 13.4. The zero-order chi connectivity index (χ0) is 29.5. The van der Waals surface area contributed by atoms with Crippen molar-refractivity contribution in [3.8, 4) is 22.6 Å². The highest BCUT2D eigenvalue weighted by atomic mass is 35.5. The van der Waals surface area contributed by atoms with Gasteiger partial charge < -0.3 is 10.4 Å². The largest absolute Gasteiger partial charge is 0.481 e. The third-order valence-corrected chi connectivity index (χ3v) is 6.97. The van der Waals surface area contributed by atoms with Crippen molar-refractivity contribution in [1.29, 1.82) is 0 Å². The van der Waals surface area contributed by atoms with Crippen LogP contribution in [0.25, 0.3) is 22.6 Å². The van der Waals surface area contributed by atoms with Gasteiger partial charge in [-0.1, -0.05) is 67.4 Å². The van der Waals surface area contributed by atoms with Gasteiger partial charge in [-0.15, -0.1) is 5.10 Å². The number of nitrogens with zero attached hydrogens (tertiary/aromatic N) is 7. The van der Waals surface area contributed by atoms with Crippen LogP contribution in [0, 0.1) is 0 Å². The predicted molar refractivity (Wildman–Crippen MR) is 155 cm³/mol. The number of benzene rings is 2. The molecule has 0 aliphatic carbocycles. The van der Waals surface area contributed by atoms with E-state index in [2.05, 4.69) is 41.0 Å². The molecule has 0 unspecified atom stereocenters. The number of aryl methyl sites for hydroxylation is 1. The van der Waals surface area contributed by atoms with Crippen LogP contribution in [0.2, 0.25) is 5.02 Å².